The molecule has 1 aliphatic rings. The fourth-order valence-electron chi connectivity index (χ4n) is 1.55. The second-order valence-electron chi connectivity index (χ2n) is 3.47. The van der Waals surface area contributed by atoms with Crippen molar-refractivity contribution in [3.8, 4) is 0 Å². The molecule has 1 amide bonds. The first kappa shape index (κ1) is 8.87. The van der Waals surface area contributed by atoms with Gasteiger partial charge in [-0.25, -0.2) is 0 Å². The van der Waals surface area contributed by atoms with E-state index in [1.807, 2.05) is 6.07 Å². The van der Waals surface area contributed by atoms with E-state index in [1.54, 1.807) is 32.3 Å². The van der Waals surface area contributed by atoms with Crippen LogP contribution in [0.1, 0.15) is 19.4 Å². The first-order chi connectivity index (χ1) is 6.63. The van der Waals surface area contributed by atoms with Gasteiger partial charge in [0.1, 0.15) is 5.84 Å². The van der Waals surface area contributed by atoms with Gasteiger partial charge < -0.3 is 5.32 Å². The molecular formula is C10H11N3O. The summed E-state index contributed by atoms with van der Waals surface area (Å²) in [6, 6.07) is 3.66. The number of hydrogen-bond donors (Lipinski definition) is 1. The van der Waals surface area contributed by atoms with Crippen LogP contribution in [-0.4, -0.2) is 16.7 Å². The molecule has 0 saturated carbocycles. The van der Waals surface area contributed by atoms with Crippen molar-refractivity contribution in [3.05, 3.63) is 30.1 Å². The standard InChI is InChI=1S/C10H11N3O/c1-7-12-9(14)10(2,13-7)8-4-3-5-11-6-8/h3-6H,1-2H3,(H,12,13,14). The molecule has 14 heavy (non-hydrogen) atoms. The van der Waals surface area contributed by atoms with E-state index in [0.29, 0.717) is 5.84 Å². The number of hydrogen-bond acceptors (Lipinski definition) is 3. The highest BCUT2D eigenvalue weighted by molar-refractivity contribution is 6.07. The number of aromatic nitrogens is 1. The summed E-state index contributed by atoms with van der Waals surface area (Å²) in [5.41, 5.74) is 0.00701. The van der Waals surface area contributed by atoms with Crippen molar-refractivity contribution in [2.45, 2.75) is 19.4 Å². The molecule has 1 atom stereocenters. The molecule has 4 heteroatoms. The van der Waals surface area contributed by atoms with Gasteiger partial charge in [0.2, 0.25) is 0 Å². The van der Waals surface area contributed by atoms with Gasteiger partial charge in [-0.3, -0.25) is 14.8 Å². The number of carbonyl (C=O) groups excluding carboxylic acids is 1. The molecule has 0 saturated heterocycles. The number of amides is 1. The van der Waals surface area contributed by atoms with Gasteiger partial charge in [0.25, 0.3) is 5.91 Å². The number of pyridine rings is 1. The monoisotopic (exact) mass is 189 g/mol. The third kappa shape index (κ3) is 1.19. The maximum Gasteiger partial charge on any atom is 0.257 e. The Morgan fingerprint density at radius 2 is 2.29 bits per heavy atom. The van der Waals surface area contributed by atoms with Crippen molar-refractivity contribution in [1.82, 2.24) is 10.3 Å². The molecule has 1 aliphatic heterocycles. The first-order valence-electron chi connectivity index (χ1n) is 4.41. The lowest BCUT2D eigenvalue weighted by Gasteiger charge is -2.17. The summed E-state index contributed by atoms with van der Waals surface area (Å²) in [5, 5.41) is 2.69. The van der Waals surface area contributed by atoms with Crippen LogP contribution in [0.5, 0.6) is 0 Å². The molecule has 0 radical (unpaired) electrons. The van der Waals surface area contributed by atoms with E-state index in [0.717, 1.165) is 5.56 Å². The van der Waals surface area contributed by atoms with Gasteiger partial charge in [0.05, 0.1) is 0 Å². The Balaban J connectivity index is 2.48. The van der Waals surface area contributed by atoms with Crippen LogP contribution in [0.3, 0.4) is 0 Å². The first-order valence-corrected chi connectivity index (χ1v) is 4.41. The largest absolute Gasteiger partial charge is 0.312 e. The highest BCUT2D eigenvalue weighted by atomic mass is 16.2. The zero-order chi connectivity index (χ0) is 10.2. The third-order valence-electron chi connectivity index (χ3n) is 2.35. The molecule has 1 unspecified atom stereocenters. The Bertz CT molecular complexity index is 399. The highest BCUT2D eigenvalue weighted by Crippen LogP contribution is 2.27. The molecule has 0 aliphatic carbocycles. The minimum Gasteiger partial charge on any atom is -0.312 e. The van der Waals surface area contributed by atoms with Crippen LogP contribution >= 0.6 is 0 Å². The van der Waals surface area contributed by atoms with Crippen LogP contribution in [0, 0.1) is 0 Å². The molecule has 0 bridgehead atoms. The van der Waals surface area contributed by atoms with E-state index < -0.39 is 5.54 Å². The molecule has 0 spiro atoms. The maximum atomic E-state index is 11.7. The predicted octanol–water partition coefficient (Wildman–Crippen LogP) is 0.845. The van der Waals surface area contributed by atoms with Crippen molar-refractivity contribution in [3.63, 3.8) is 0 Å². The summed E-state index contributed by atoms with van der Waals surface area (Å²) in [7, 11) is 0. The Morgan fingerprint density at radius 3 is 2.79 bits per heavy atom. The van der Waals surface area contributed by atoms with Crippen molar-refractivity contribution in [2.75, 3.05) is 0 Å². The molecule has 0 fully saturated rings. The number of aliphatic imine (C=N–C) groups is 1. The summed E-state index contributed by atoms with van der Waals surface area (Å²) in [4.78, 5) is 19.9. The zero-order valence-electron chi connectivity index (χ0n) is 8.11. The molecule has 2 rings (SSSR count). The van der Waals surface area contributed by atoms with E-state index in [2.05, 4.69) is 15.3 Å². The second-order valence-corrected chi connectivity index (χ2v) is 3.47. The number of rotatable bonds is 1. The van der Waals surface area contributed by atoms with Gasteiger partial charge in [-0.15, -0.1) is 0 Å². The van der Waals surface area contributed by atoms with Crippen LogP contribution in [0.25, 0.3) is 0 Å². The van der Waals surface area contributed by atoms with Crippen LogP contribution in [0.4, 0.5) is 0 Å². The predicted molar refractivity (Wildman–Crippen MR) is 52.8 cm³/mol. The minimum absolute atomic E-state index is 0.0944. The average Bonchev–Trinajstić information content (AvgIpc) is 2.43. The van der Waals surface area contributed by atoms with Crippen molar-refractivity contribution in [1.29, 1.82) is 0 Å². The SMILES string of the molecule is CC1=NC(C)(c2cccnc2)C(=O)N1. The number of nitrogens with one attached hydrogen (secondary N) is 1. The van der Waals surface area contributed by atoms with E-state index in [1.165, 1.54) is 0 Å². The van der Waals surface area contributed by atoms with Crippen LogP contribution in [0.15, 0.2) is 29.5 Å². The summed E-state index contributed by atoms with van der Waals surface area (Å²) >= 11 is 0. The Labute approximate surface area is 82.1 Å². The molecule has 1 aromatic rings. The van der Waals surface area contributed by atoms with Gasteiger partial charge in [0.15, 0.2) is 5.54 Å². The van der Waals surface area contributed by atoms with Gasteiger partial charge in [0, 0.05) is 18.0 Å². The number of carbonyl (C=O) groups is 1. The minimum atomic E-state index is -0.807. The Kier molecular flexibility index (Phi) is 1.84. The maximum absolute atomic E-state index is 11.7. The van der Waals surface area contributed by atoms with E-state index in [-0.39, 0.29) is 5.91 Å². The lowest BCUT2D eigenvalue weighted by atomic mass is 9.94. The number of nitrogens with zero attached hydrogens (tertiary/aromatic N) is 2. The lowest BCUT2D eigenvalue weighted by Crippen LogP contribution is -2.34. The van der Waals surface area contributed by atoms with Crippen molar-refractivity contribution >= 4 is 11.7 Å². The molecular weight excluding hydrogens is 178 g/mol. The molecule has 1 N–H and O–H groups in total. The summed E-state index contributed by atoms with van der Waals surface area (Å²) < 4.78 is 0. The fourth-order valence-corrected chi connectivity index (χ4v) is 1.55. The average molecular weight is 189 g/mol. The summed E-state index contributed by atoms with van der Waals surface area (Å²) in [6.07, 6.45) is 3.35. The molecule has 0 aromatic carbocycles. The lowest BCUT2D eigenvalue weighted by molar-refractivity contribution is -0.123. The van der Waals surface area contributed by atoms with Crippen LogP contribution in [-0.2, 0) is 10.3 Å². The van der Waals surface area contributed by atoms with Crippen LogP contribution < -0.4 is 5.32 Å². The summed E-state index contributed by atoms with van der Waals surface area (Å²) in [5.74, 6) is 0.560. The van der Waals surface area contributed by atoms with Crippen LogP contribution in [0.2, 0.25) is 0 Å². The van der Waals surface area contributed by atoms with Crippen molar-refractivity contribution in [2.24, 2.45) is 4.99 Å². The smallest absolute Gasteiger partial charge is 0.257 e. The zero-order valence-corrected chi connectivity index (χ0v) is 8.11. The van der Waals surface area contributed by atoms with E-state index >= 15 is 0 Å². The van der Waals surface area contributed by atoms with E-state index in [9.17, 15) is 4.79 Å². The topological polar surface area (TPSA) is 54.4 Å². The van der Waals surface area contributed by atoms with E-state index in [4.69, 9.17) is 0 Å². The molecule has 2 heterocycles. The quantitative estimate of drug-likeness (QED) is 0.711. The molecule has 1 aromatic heterocycles. The normalized spacial score (nSPS) is 25.9. The Hall–Kier alpha value is -1.71. The van der Waals surface area contributed by atoms with Gasteiger partial charge >= 0.3 is 0 Å². The Morgan fingerprint density at radius 1 is 1.50 bits per heavy atom. The molecule has 72 valence electrons. The van der Waals surface area contributed by atoms with Crippen molar-refractivity contribution < 1.29 is 4.79 Å². The molecule has 4 nitrogen and oxygen atoms in total. The third-order valence-corrected chi connectivity index (χ3v) is 2.35. The summed E-state index contributed by atoms with van der Waals surface area (Å²) in [6.45, 7) is 3.56. The van der Waals surface area contributed by atoms with Gasteiger partial charge in [-0.05, 0) is 19.9 Å². The number of amidine groups is 1. The highest BCUT2D eigenvalue weighted by Gasteiger charge is 2.39. The van der Waals surface area contributed by atoms with Gasteiger partial charge in [-0.1, -0.05) is 6.07 Å². The second kappa shape index (κ2) is 2.90. The van der Waals surface area contributed by atoms with Gasteiger partial charge in [-0.2, -0.15) is 0 Å². The fraction of sp³-hybridized carbons (Fsp3) is 0.300.